The molecule has 0 aliphatic carbocycles. The van der Waals surface area contributed by atoms with Crippen molar-refractivity contribution in [2.24, 2.45) is 28.9 Å². The fraction of sp³-hybridized carbons (Fsp3) is 0.436. The van der Waals surface area contributed by atoms with Crippen molar-refractivity contribution < 1.29 is 107 Å². The number of carbonyl (C=O) groups excluding carboxylic acids is 13. The van der Waals surface area contributed by atoms with Crippen LogP contribution in [0.2, 0.25) is 0 Å². The predicted octanol–water partition coefficient (Wildman–Crippen LogP) is 0.130. The van der Waals surface area contributed by atoms with E-state index in [0.29, 0.717) is 39.8 Å². The summed E-state index contributed by atoms with van der Waals surface area (Å²) in [5.41, 5.74) is 26.5. The Morgan fingerprint density at radius 3 is 0.744 bits per heavy atom. The standard InChI is InChI=1S/C94H125N17O22/c1-56(2)80(111-86(124)67(37-21-24-48-97)101-92(130)75(55-79(117)118)108-90(128)73(53-63-38-40-64(112)41-39-63)107-89(127)70(104-81(119)57(3)98)49-58-25-9-4-10-26-58)93(131)109-74(52-61-31-15-7-16-32-61)88(126)103-68(42-44-77(113)114)84(122)99-66(36-20-23-47-96)83(121)105-71(50-59-27-11-5-12-28-59)87(125)100-65(35-19-22-46-95)82(120)102-69(43-45-78(115)116)85(123)106-72(51-60-29-13-6-14-30-60)91(129)110-76(94(132)133)54-62-33-17-8-18-34-62/h4-18,25-34,38-41,56-57,65-76,80,112H,19-24,35-37,42-55,95-98H2,1-3H3,(H,99,122)(H,100,125)(H,101,130)(H,102,120)(H,103,126)(H,104,119)(H,105,121)(H,106,123)(H,107,127)(H,108,128)(H,109,131)(H,110,129)(H,111,124)(H,113,114)(H,115,116)(H,117,118)(H,132,133)/t57-,65-,66-,67-,68-,69-,70-,71-,72-,73-,74-,75-,76-,80-/m0/s1. The molecular formula is C94H125N17O22. The number of nitrogens with two attached hydrogens (primary N) is 4. The van der Waals surface area contributed by atoms with E-state index in [-0.39, 0.29) is 115 Å². The average Bonchev–Trinajstić information content (AvgIpc) is 0.847. The molecule has 0 saturated carbocycles. The van der Waals surface area contributed by atoms with Crippen LogP contribution in [0.5, 0.6) is 5.75 Å². The van der Waals surface area contributed by atoms with Gasteiger partial charge in [0.25, 0.3) is 0 Å². The largest absolute Gasteiger partial charge is 0.508 e. The maximum atomic E-state index is 15.1. The molecule has 39 nitrogen and oxygen atoms in total. The molecule has 0 heterocycles. The zero-order valence-corrected chi connectivity index (χ0v) is 74.7. The third kappa shape index (κ3) is 39.3. The summed E-state index contributed by atoms with van der Waals surface area (Å²) in [6.45, 7) is 4.79. The molecule has 0 spiro atoms. The van der Waals surface area contributed by atoms with Gasteiger partial charge in [-0.1, -0.05) is 178 Å². The van der Waals surface area contributed by atoms with E-state index in [2.05, 4.69) is 69.1 Å². The number of carbonyl (C=O) groups is 17. The van der Waals surface area contributed by atoms with Crippen LogP contribution in [0.1, 0.15) is 144 Å². The van der Waals surface area contributed by atoms with E-state index >= 15 is 14.4 Å². The number of aliphatic carboxylic acids is 4. The van der Waals surface area contributed by atoms with Crippen molar-refractivity contribution in [1.29, 1.82) is 0 Å². The first-order valence-electron chi connectivity index (χ1n) is 44.2. The SMILES string of the molecule is CC(C)[C@H](NC(=O)[C@H](CCCCN)NC(=O)[C@H](CC(=O)O)NC(=O)[C@H](Cc1ccc(O)cc1)NC(=O)[C@H](Cc1ccccc1)NC(=O)[C@H](C)N)C(=O)N[C@@H](Cc1ccccc1)C(=O)N[C@@H](CCC(=O)O)C(=O)N[C@@H](CCCCN)C(=O)N[C@@H](Cc1ccccc1)C(=O)N[C@@H](CCCCN)C(=O)N[C@@H](CCC(=O)O)C(=O)N[C@@H](Cc1ccccc1)C(=O)N[C@@H](Cc1ccccc1)C(=O)O. The first-order chi connectivity index (χ1) is 63.5. The van der Waals surface area contributed by atoms with Crippen LogP contribution in [0.3, 0.4) is 0 Å². The van der Waals surface area contributed by atoms with Gasteiger partial charge in [-0.2, -0.15) is 0 Å². The second-order valence-corrected chi connectivity index (χ2v) is 32.7. The maximum absolute atomic E-state index is 15.1. The summed E-state index contributed by atoms with van der Waals surface area (Å²) in [5.74, 6) is -19.9. The van der Waals surface area contributed by atoms with Gasteiger partial charge in [0, 0.05) is 51.4 Å². The number of hydrogen-bond donors (Lipinski definition) is 22. The highest BCUT2D eigenvalue weighted by Crippen LogP contribution is 2.19. The molecule has 14 atom stereocenters. The number of carboxylic acids is 4. The molecule has 0 saturated heterocycles. The minimum absolute atomic E-state index is 0.0795. The summed E-state index contributed by atoms with van der Waals surface area (Å²) in [6, 6.07) is 25.1. The summed E-state index contributed by atoms with van der Waals surface area (Å²) in [6.07, 6.45) is -4.23. The molecule has 0 unspecified atom stereocenters. The van der Waals surface area contributed by atoms with Gasteiger partial charge >= 0.3 is 23.9 Å². The summed E-state index contributed by atoms with van der Waals surface area (Å²) < 4.78 is 0. The Morgan fingerprint density at radius 2 is 0.481 bits per heavy atom. The maximum Gasteiger partial charge on any atom is 0.326 e. The minimum atomic E-state index is -1.97. The number of carboxylic acid groups (broad SMARTS) is 4. The highest BCUT2D eigenvalue weighted by molar-refractivity contribution is 6.01. The number of aromatic hydroxyl groups is 1. The van der Waals surface area contributed by atoms with Crippen molar-refractivity contribution in [3.63, 3.8) is 0 Å². The Bertz CT molecular complexity index is 4810. The lowest BCUT2D eigenvalue weighted by Gasteiger charge is -2.29. The van der Waals surface area contributed by atoms with Gasteiger partial charge in [0.2, 0.25) is 76.8 Å². The molecule has 6 aromatic rings. The molecule has 26 N–H and O–H groups in total. The van der Waals surface area contributed by atoms with Crippen molar-refractivity contribution in [3.8, 4) is 5.75 Å². The van der Waals surface area contributed by atoms with Crippen LogP contribution in [0, 0.1) is 5.92 Å². The summed E-state index contributed by atoms with van der Waals surface area (Å²) in [5, 5.41) is 84.1. The number of benzene rings is 6. The van der Waals surface area contributed by atoms with E-state index < -0.39 is 223 Å². The van der Waals surface area contributed by atoms with Gasteiger partial charge in [0.15, 0.2) is 0 Å². The van der Waals surface area contributed by atoms with Gasteiger partial charge < -0.3 is 118 Å². The molecule has 13 amide bonds. The highest BCUT2D eigenvalue weighted by atomic mass is 16.4. The van der Waals surface area contributed by atoms with Crippen LogP contribution in [0.4, 0.5) is 0 Å². The van der Waals surface area contributed by atoms with E-state index in [1.165, 1.54) is 45.0 Å². The van der Waals surface area contributed by atoms with Crippen molar-refractivity contribution in [1.82, 2.24) is 69.1 Å². The van der Waals surface area contributed by atoms with Crippen LogP contribution >= 0.6 is 0 Å². The van der Waals surface area contributed by atoms with Gasteiger partial charge in [0.05, 0.1) is 12.5 Å². The van der Waals surface area contributed by atoms with Crippen LogP contribution < -0.4 is 92.1 Å². The molecule has 39 heteroatoms. The molecule has 0 radical (unpaired) electrons. The molecule has 133 heavy (non-hydrogen) atoms. The lowest BCUT2D eigenvalue weighted by molar-refractivity contribution is -0.142. The zero-order chi connectivity index (χ0) is 97.5. The van der Waals surface area contributed by atoms with Gasteiger partial charge in [0.1, 0.15) is 84.3 Å². The van der Waals surface area contributed by atoms with Crippen molar-refractivity contribution in [2.75, 3.05) is 19.6 Å². The summed E-state index contributed by atoms with van der Waals surface area (Å²) >= 11 is 0. The normalized spacial score (nSPS) is 14.2. The Balaban J connectivity index is 1.25. The summed E-state index contributed by atoms with van der Waals surface area (Å²) in [4.78, 5) is 240. The van der Waals surface area contributed by atoms with Gasteiger partial charge in [-0.25, -0.2) is 4.79 Å². The first-order valence-corrected chi connectivity index (χ1v) is 44.2. The number of amides is 13. The number of unbranched alkanes of at least 4 members (excludes halogenated alkanes) is 3. The van der Waals surface area contributed by atoms with Gasteiger partial charge in [-0.05, 0) is 149 Å². The van der Waals surface area contributed by atoms with E-state index in [1.54, 1.807) is 152 Å². The van der Waals surface area contributed by atoms with Crippen LogP contribution in [0.15, 0.2) is 176 Å². The first kappa shape index (κ1) is 108. The second kappa shape index (κ2) is 57.2. The topological polar surface area (TPSA) is 652 Å². The molecule has 0 aliphatic heterocycles. The molecule has 6 rings (SSSR count). The fourth-order valence-electron chi connectivity index (χ4n) is 14.2. The monoisotopic (exact) mass is 1840 g/mol. The molecule has 0 fully saturated rings. The Labute approximate surface area is 770 Å². The van der Waals surface area contributed by atoms with Crippen molar-refractivity contribution >= 4 is 101 Å². The molecular weight excluding hydrogens is 1720 g/mol. The van der Waals surface area contributed by atoms with E-state index in [0.717, 1.165) is 0 Å². The number of hydrogen-bond acceptors (Lipinski definition) is 22. The number of nitrogens with one attached hydrogen (secondary N) is 13. The highest BCUT2D eigenvalue weighted by Gasteiger charge is 2.40. The second-order valence-electron chi connectivity index (χ2n) is 32.7. The number of phenols is 1. The van der Waals surface area contributed by atoms with E-state index in [1.807, 2.05) is 0 Å². The Hall–Kier alpha value is -14.1. The van der Waals surface area contributed by atoms with E-state index in [9.17, 15) is 92.7 Å². The number of phenolic OH excluding ortho intramolecular Hbond substituents is 1. The number of rotatable bonds is 60. The Morgan fingerprint density at radius 1 is 0.256 bits per heavy atom. The third-order valence-corrected chi connectivity index (χ3v) is 21.5. The van der Waals surface area contributed by atoms with Crippen molar-refractivity contribution in [2.45, 2.75) is 234 Å². The van der Waals surface area contributed by atoms with E-state index in [4.69, 9.17) is 22.9 Å². The zero-order valence-electron chi connectivity index (χ0n) is 74.7. The van der Waals surface area contributed by atoms with Crippen LogP contribution in [-0.4, -0.2) is 230 Å². The molecule has 0 aromatic heterocycles. The average molecular weight is 1850 g/mol. The lowest BCUT2D eigenvalue weighted by Crippen LogP contribution is -2.62. The molecule has 0 aliphatic rings. The molecule has 6 aromatic carbocycles. The minimum Gasteiger partial charge on any atom is -0.508 e. The Kier molecular flexibility index (Phi) is 46.3. The third-order valence-electron chi connectivity index (χ3n) is 21.5. The lowest BCUT2D eigenvalue weighted by atomic mass is 9.99. The fourth-order valence-corrected chi connectivity index (χ4v) is 14.2. The van der Waals surface area contributed by atoms with Crippen LogP contribution in [0.25, 0.3) is 0 Å². The smallest absolute Gasteiger partial charge is 0.326 e. The predicted molar refractivity (Wildman–Crippen MR) is 488 cm³/mol. The van der Waals surface area contributed by atoms with Gasteiger partial charge in [-0.3, -0.25) is 76.7 Å². The molecule has 718 valence electrons. The molecule has 0 bridgehead atoms. The summed E-state index contributed by atoms with van der Waals surface area (Å²) in [7, 11) is 0. The van der Waals surface area contributed by atoms with Gasteiger partial charge in [-0.15, -0.1) is 0 Å². The van der Waals surface area contributed by atoms with Crippen molar-refractivity contribution in [3.05, 3.63) is 209 Å². The quantitative estimate of drug-likeness (QED) is 0.0226. The van der Waals surface area contributed by atoms with Crippen LogP contribution in [-0.2, 0) is 120 Å².